The minimum atomic E-state index is -3.71. The molecule has 0 atom stereocenters. The van der Waals surface area contributed by atoms with Gasteiger partial charge in [-0.05, 0) is 23.8 Å². The van der Waals surface area contributed by atoms with Crippen LogP contribution in [0.3, 0.4) is 0 Å². The summed E-state index contributed by atoms with van der Waals surface area (Å²) in [7, 11) is -2.18. The monoisotopic (exact) mass is 340 g/mol. The highest BCUT2D eigenvalue weighted by molar-refractivity contribution is 7.89. The topological polar surface area (TPSA) is 59.5 Å². The Morgan fingerprint density at radius 1 is 1.23 bits per heavy atom. The molecule has 22 heavy (non-hydrogen) atoms. The molecule has 2 aromatic rings. The van der Waals surface area contributed by atoms with Crippen LogP contribution in [0.25, 0.3) is 0 Å². The Labute approximate surface area is 135 Å². The van der Waals surface area contributed by atoms with Gasteiger partial charge in [0, 0.05) is 32.6 Å². The van der Waals surface area contributed by atoms with Crippen LogP contribution in [0, 0.1) is 0 Å². The van der Waals surface area contributed by atoms with Gasteiger partial charge in [-0.3, -0.25) is 4.98 Å². The fraction of sp³-hybridized carbons (Fsp3) is 0.267. The summed E-state index contributed by atoms with van der Waals surface area (Å²) in [5, 5.41) is 0.205. The molecular formula is C15H17ClN2O3S. The van der Waals surface area contributed by atoms with E-state index in [9.17, 15) is 8.42 Å². The molecule has 0 aliphatic rings. The zero-order valence-electron chi connectivity index (χ0n) is 12.1. The van der Waals surface area contributed by atoms with Crippen molar-refractivity contribution in [1.82, 2.24) is 9.29 Å². The number of rotatable bonds is 7. The van der Waals surface area contributed by atoms with Gasteiger partial charge < -0.3 is 4.74 Å². The van der Waals surface area contributed by atoms with E-state index in [1.54, 1.807) is 36.7 Å². The van der Waals surface area contributed by atoms with Crippen LogP contribution in [0.5, 0.6) is 0 Å². The molecule has 0 saturated carbocycles. The van der Waals surface area contributed by atoms with E-state index in [-0.39, 0.29) is 23.0 Å². The van der Waals surface area contributed by atoms with E-state index >= 15 is 0 Å². The summed E-state index contributed by atoms with van der Waals surface area (Å²) in [4.78, 5) is 4.11. The van der Waals surface area contributed by atoms with Gasteiger partial charge in [0.15, 0.2) is 0 Å². The maximum absolute atomic E-state index is 12.8. The quantitative estimate of drug-likeness (QED) is 0.777. The van der Waals surface area contributed by atoms with E-state index in [1.165, 1.54) is 17.5 Å². The number of sulfonamides is 1. The molecule has 0 aliphatic carbocycles. The molecule has 118 valence electrons. The van der Waals surface area contributed by atoms with Gasteiger partial charge in [0.25, 0.3) is 0 Å². The summed E-state index contributed by atoms with van der Waals surface area (Å²) in [6.45, 7) is 0.744. The van der Waals surface area contributed by atoms with Crippen LogP contribution in [0.2, 0.25) is 5.02 Å². The maximum atomic E-state index is 12.8. The zero-order chi connectivity index (χ0) is 16.0. The van der Waals surface area contributed by atoms with E-state index in [1.807, 2.05) is 6.07 Å². The van der Waals surface area contributed by atoms with Crippen LogP contribution in [0.4, 0.5) is 0 Å². The third kappa shape index (κ3) is 4.04. The number of aromatic nitrogens is 1. The molecule has 0 unspecified atom stereocenters. The molecular weight excluding hydrogens is 324 g/mol. The molecule has 0 fully saturated rings. The second-order valence-corrected chi connectivity index (χ2v) is 6.94. The Bertz CT molecular complexity index is 708. The molecule has 0 spiro atoms. The van der Waals surface area contributed by atoms with Crippen molar-refractivity contribution in [2.24, 2.45) is 0 Å². The lowest BCUT2D eigenvalue weighted by molar-refractivity contribution is 0.177. The van der Waals surface area contributed by atoms with Gasteiger partial charge in [0.1, 0.15) is 4.90 Å². The van der Waals surface area contributed by atoms with Crippen LogP contribution < -0.4 is 0 Å². The first-order chi connectivity index (χ1) is 10.6. The smallest absolute Gasteiger partial charge is 0.244 e. The van der Waals surface area contributed by atoms with E-state index < -0.39 is 10.0 Å². The summed E-state index contributed by atoms with van der Waals surface area (Å²) in [6, 6.07) is 10.0. The average Bonchev–Trinajstić information content (AvgIpc) is 2.52. The predicted molar refractivity (Wildman–Crippen MR) is 85.2 cm³/mol. The summed E-state index contributed by atoms with van der Waals surface area (Å²) in [5.74, 6) is 0. The van der Waals surface area contributed by atoms with Gasteiger partial charge in [0.05, 0.1) is 11.6 Å². The number of pyridine rings is 1. The van der Waals surface area contributed by atoms with Crippen LogP contribution >= 0.6 is 11.6 Å². The van der Waals surface area contributed by atoms with Crippen molar-refractivity contribution in [2.75, 3.05) is 20.3 Å². The molecule has 1 aromatic heterocycles. The third-order valence-corrected chi connectivity index (χ3v) is 5.43. The number of ether oxygens (including phenoxy) is 1. The van der Waals surface area contributed by atoms with Crippen LogP contribution in [0.1, 0.15) is 5.56 Å². The molecule has 0 amide bonds. The first-order valence-electron chi connectivity index (χ1n) is 6.68. The largest absolute Gasteiger partial charge is 0.383 e. The van der Waals surface area contributed by atoms with E-state index in [2.05, 4.69) is 4.98 Å². The molecule has 1 aromatic carbocycles. The molecule has 1 heterocycles. The van der Waals surface area contributed by atoms with E-state index in [0.717, 1.165) is 5.56 Å². The molecule has 2 rings (SSSR count). The number of hydrogen-bond donors (Lipinski definition) is 0. The van der Waals surface area contributed by atoms with Gasteiger partial charge in [-0.15, -0.1) is 0 Å². The van der Waals surface area contributed by atoms with Crippen molar-refractivity contribution in [3.8, 4) is 0 Å². The predicted octanol–water partition coefficient (Wildman–Crippen LogP) is 2.57. The molecule has 0 aliphatic heterocycles. The van der Waals surface area contributed by atoms with Gasteiger partial charge in [-0.2, -0.15) is 4.31 Å². The second-order valence-electron chi connectivity index (χ2n) is 4.62. The number of halogens is 1. The Balaban J connectivity index is 2.33. The van der Waals surface area contributed by atoms with Crippen LogP contribution in [0.15, 0.2) is 53.7 Å². The summed E-state index contributed by atoms with van der Waals surface area (Å²) in [5.41, 5.74) is 0.800. The zero-order valence-corrected chi connectivity index (χ0v) is 13.7. The Morgan fingerprint density at radius 3 is 2.64 bits per heavy atom. The summed E-state index contributed by atoms with van der Waals surface area (Å²) >= 11 is 6.04. The summed E-state index contributed by atoms with van der Waals surface area (Å²) < 4.78 is 32.0. The first-order valence-corrected chi connectivity index (χ1v) is 8.50. The van der Waals surface area contributed by atoms with Gasteiger partial charge in [-0.25, -0.2) is 8.42 Å². The van der Waals surface area contributed by atoms with Gasteiger partial charge in [-0.1, -0.05) is 29.8 Å². The summed E-state index contributed by atoms with van der Waals surface area (Å²) in [6.07, 6.45) is 3.29. The van der Waals surface area contributed by atoms with Crippen molar-refractivity contribution in [3.63, 3.8) is 0 Å². The fourth-order valence-electron chi connectivity index (χ4n) is 1.97. The number of methoxy groups -OCH3 is 1. The minimum Gasteiger partial charge on any atom is -0.383 e. The fourth-order valence-corrected chi connectivity index (χ4v) is 3.87. The molecule has 0 N–H and O–H groups in total. The van der Waals surface area contributed by atoms with Crippen molar-refractivity contribution in [1.29, 1.82) is 0 Å². The first kappa shape index (κ1) is 16.9. The van der Waals surface area contributed by atoms with Crippen molar-refractivity contribution < 1.29 is 13.2 Å². The number of benzene rings is 1. The normalized spacial score (nSPS) is 11.8. The van der Waals surface area contributed by atoms with Gasteiger partial charge >= 0.3 is 0 Å². The molecule has 0 saturated heterocycles. The molecule has 7 heteroatoms. The molecule has 5 nitrogen and oxygen atoms in total. The van der Waals surface area contributed by atoms with Crippen molar-refractivity contribution in [2.45, 2.75) is 11.4 Å². The number of hydrogen-bond acceptors (Lipinski definition) is 4. The van der Waals surface area contributed by atoms with Crippen LogP contribution in [-0.2, 0) is 21.3 Å². The second kappa shape index (κ2) is 7.69. The highest BCUT2D eigenvalue weighted by Gasteiger charge is 2.26. The minimum absolute atomic E-state index is 0.0941. The Hall–Kier alpha value is -1.47. The lowest BCUT2D eigenvalue weighted by Gasteiger charge is -2.22. The Morgan fingerprint density at radius 2 is 2.00 bits per heavy atom. The van der Waals surface area contributed by atoms with Crippen molar-refractivity contribution in [3.05, 3.63) is 59.4 Å². The standard InChI is InChI=1S/C15H17ClN2O3S/c1-21-10-9-18(12-13-5-4-8-17-11-13)22(19,20)15-7-3-2-6-14(15)16/h2-8,11H,9-10,12H2,1H3. The maximum Gasteiger partial charge on any atom is 0.244 e. The Kier molecular flexibility index (Phi) is 5.90. The lowest BCUT2D eigenvalue weighted by Crippen LogP contribution is -2.33. The third-order valence-electron chi connectivity index (χ3n) is 3.08. The van der Waals surface area contributed by atoms with Gasteiger partial charge in [0.2, 0.25) is 10.0 Å². The average molecular weight is 341 g/mol. The highest BCUT2D eigenvalue weighted by Crippen LogP contribution is 2.25. The van der Waals surface area contributed by atoms with E-state index in [0.29, 0.717) is 6.61 Å². The highest BCUT2D eigenvalue weighted by atomic mass is 35.5. The lowest BCUT2D eigenvalue weighted by atomic mass is 10.3. The van der Waals surface area contributed by atoms with E-state index in [4.69, 9.17) is 16.3 Å². The number of nitrogens with zero attached hydrogens (tertiary/aromatic N) is 2. The van der Waals surface area contributed by atoms with Crippen molar-refractivity contribution >= 4 is 21.6 Å². The SMILES string of the molecule is COCCN(Cc1cccnc1)S(=O)(=O)c1ccccc1Cl. The molecule has 0 radical (unpaired) electrons. The molecule has 0 bridgehead atoms. The van der Waals surface area contributed by atoms with Crippen LogP contribution in [-0.4, -0.2) is 38.0 Å².